The Bertz CT molecular complexity index is 701. The Balaban J connectivity index is 1.58. The Kier molecular flexibility index (Phi) is 3.59. The van der Waals surface area contributed by atoms with Gasteiger partial charge in [-0.15, -0.1) is 0 Å². The minimum absolute atomic E-state index is 0.0517. The molecule has 0 radical (unpaired) electrons. The van der Waals surface area contributed by atoms with Crippen molar-refractivity contribution in [3.05, 3.63) is 36.9 Å². The van der Waals surface area contributed by atoms with Gasteiger partial charge < -0.3 is 5.32 Å². The summed E-state index contributed by atoms with van der Waals surface area (Å²) in [4.78, 5) is 17.2. The van der Waals surface area contributed by atoms with Gasteiger partial charge in [0.1, 0.15) is 30.2 Å². The van der Waals surface area contributed by atoms with Crippen LogP contribution in [0, 0.1) is 0 Å². The highest BCUT2D eigenvalue weighted by atomic mass is 16.2. The number of carbonyl (C=O) groups is 1. The average molecular weight is 285 g/mol. The third kappa shape index (κ3) is 3.22. The summed E-state index contributed by atoms with van der Waals surface area (Å²) in [6, 6.07) is 7.46. The van der Waals surface area contributed by atoms with Crippen LogP contribution in [-0.2, 0) is 17.9 Å². The molecule has 1 aromatic carbocycles. The normalized spacial score (nSPS) is 12.4. The fourth-order valence-corrected chi connectivity index (χ4v) is 2.08. The Morgan fingerprint density at radius 1 is 1.29 bits per heavy atom. The molecule has 1 amide bonds. The molecule has 0 spiro atoms. The fraction of sp³-hybridized carbons (Fsp3) is 0.308. The quantitative estimate of drug-likeness (QED) is 0.724. The van der Waals surface area contributed by atoms with Crippen molar-refractivity contribution in [2.75, 3.05) is 0 Å². The van der Waals surface area contributed by atoms with Crippen LogP contribution in [0.4, 0.5) is 0 Å². The molecule has 0 saturated heterocycles. The monoisotopic (exact) mass is 285 g/mol. The third-order valence-electron chi connectivity index (χ3n) is 2.95. The third-order valence-corrected chi connectivity index (χ3v) is 2.95. The molecule has 8 heteroatoms. The zero-order chi connectivity index (χ0) is 14.7. The molecule has 108 valence electrons. The summed E-state index contributed by atoms with van der Waals surface area (Å²) < 4.78 is 1.67. The molecule has 0 fully saturated rings. The number of carbonyl (C=O) groups excluding carboxylic acids is 1. The van der Waals surface area contributed by atoms with E-state index >= 15 is 0 Å². The van der Waals surface area contributed by atoms with E-state index in [0.717, 1.165) is 11.0 Å². The van der Waals surface area contributed by atoms with Crippen molar-refractivity contribution >= 4 is 16.9 Å². The molecule has 1 N–H and O–H groups in total. The Morgan fingerprint density at radius 3 is 2.62 bits per heavy atom. The standard InChI is InChI=1S/C13H15N7O/c1-10(6-19-9-14-8-15-19)16-13(21)7-20-17-11-4-2-3-5-12(11)18-20/h2-5,8-10H,6-7H2,1H3,(H,16,21). The zero-order valence-corrected chi connectivity index (χ0v) is 11.5. The lowest BCUT2D eigenvalue weighted by atomic mass is 10.3. The molecular weight excluding hydrogens is 270 g/mol. The molecule has 0 aliphatic carbocycles. The number of hydrogen-bond donors (Lipinski definition) is 1. The van der Waals surface area contributed by atoms with Crippen molar-refractivity contribution < 1.29 is 4.79 Å². The summed E-state index contributed by atoms with van der Waals surface area (Å²) in [6.45, 7) is 2.57. The highest BCUT2D eigenvalue weighted by molar-refractivity contribution is 5.77. The van der Waals surface area contributed by atoms with E-state index in [9.17, 15) is 4.79 Å². The first-order valence-corrected chi connectivity index (χ1v) is 6.62. The summed E-state index contributed by atoms with van der Waals surface area (Å²) in [5, 5.41) is 15.4. The van der Waals surface area contributed by atoms with E-state index in [1.807, 2.05) is 31.2 Å². The first-order chi connectivity index (χ1) is 10.2. The lowest BCUT2D eigenvalue weighted by Crippen LogP contribution is -2.38. The van der Waals surface area contributed by atoms with E-state index in [2.05, 4.69) is 25.6 Å². The van der Waals surface area contributed by atoms with Gasteiger partial charge in [-0.3, -0.25) is 9.48 Å². The predicted molar refractivity (Wildman–Crippen MR) is 75.2 cm³/mol. The van der Waals surface area contributed by atoms with Gasteiger partial charge in [-0.1, -0.05) is 12.1 Å². The van der Waals surface area contributed by atoms with E-state index < -0.39 is 0 Å². The molecule has 2 aromatic heterocycles. The van der Waals surface area contributed by atoms with Crippen LogP contribution in [0.15, 0.2) is 36.9 Å². The molecule has 0 aliphatic rings. The summed E-state index contributed by atoms with van der Waals surface area (Å²) in [7, 11) is 0. The van der Waals surface area contributed by atoms with Gasteiger partial charge >= 0.3 is 0 Å². The minimum atomic E-state index is -0.136. The Morgan fingerprint density at radius 2 is 2.00 bits per heavy atom. The van der Waals surface area contributed by atoms with Gasteiger partial charge in [0.05, 0.1) is 6.54 Å². The number of nitrogens with zero attached hydrogens (tertiary/aromatic N) is 6. The summed E-state index contributed by atoms with van der Waals surface area (Å²) >= 11 is 0. The second kappa shape index (κ2) is 5.70. The van der Waals surface area contributed by atoms with Crippen LogP contribution in [0.3, 0.4) is 0 Å². The van der Waals surface area contributed by atoms with Gasteiger partial charge in [-0.2, -0.15) is 20.1 Å². The summed E-state index contributed by atoms with van der Waals surface area (Å²) in [5.74, 6) is -0.136. The maximum Gasteiger partial charge on any atom is 0.243 e. The van der Waals surface area contributed by atoms with Gasteiger partial charge in [0, 0.05) is 6.04 Å². The van der Waals surface area contributed by atoms with Crippen LogP contribution in [0.1, 0.15) is 6.92 Å². The highest BCUT2D eigenvalue weighted by Crippen LogP contribution is 2.06. The summed E-state index contributed by atoms with van der Waals surface area (Å²) in [5.41, 5.74) is 1.56. The number of fused-ring (bicyclic) bond motifs is 1. The van der Waals surface area contributed by atoms with Crippen molar-refractivity contribution in [1.29, 1.82) is 0 Å². The van der Waals surface area contributed by atoms with Crippen LogP contribution in [0.25, 0.3) is 11.0 Å². The van der Waals surface area contributed by atoms with Crippen molar-refractivity contribution in [1.82, 2.24) is 35.1 Å². The molecular formula is C13H15N7O. The lowest BCUT2D eigenvalue weighted by molar-refractivity contribution is -0.122. The van der Waals surface area contributed by atoms with Crippen LogP contribution >= 0.6 is 0 Å². The lowest BCUT2D eigenvalue weighted by Gasteiger charge is -2.13. The first-order valence-electron chi connectivity index (χ1n) is 6.62. The van der Waals surface area contributed by atoms with E-state index in [0.29, 0.717) is 6.54 Å². The van der Waals surface area contributed by atoms with Crippen LogP contribution in [0.2, 0.25) is 0 Å². The number of amides is 1. The maximum absolute atomic E-state index is 12.0. The topological polar surface area (TPSA) is 90.5 Å². The van der Waals surface area contributed by atoms with Crippen molar-refractivity contribution in [3.63, 3.8) is 0 Å². The molecule has 3 aromatic rings. The van der Waals surface area contributed by atoms with E-state index in [1.165, 1.54) is 11.1 Å². The van der Waals surface area contributed by atoms with Crippen LogP contribution in [0.5, 0.6) is 0 Å². The van der Waals surface area contributed by atoms with Gasteiger partial charge in [0.25, 0.3) is 0 Å². The largest absolute Gasteiger partial charge is 0.350 e. The molecule has 0 aliphatic heterocycles. The number of hydrogen-bond acceptors (Lipinski definition) is 5. The van der Waals surface area contributed by atoms with E-state index in [-0.39, 0.29) is 18.5 Å². The predicted octanol–water partition coefficient (Wildman–Crippen LogP) is 0.228. The molecule has 2 heterocycles. The first kappa shape index (κ1) is 13.2. The molecule has 8 nitrogen and oxygen atoms in total. The number of benzene rings is 1. The molecule has 3 rings (SSSR count). The summed E-state index contributed by atoms with van der Waals surface area (Å²) in [6.07, 6.45) is 3.08. The average Bonchev–Trinajstić information content (AvgIpc) is 3.06. The maximum atomic E-state index is 12.0. The van der Waals surface area contributed by atoms with Gasteiger partial charge in [0.2, 0.25) is 5.91 Å². The fourth-order valence-electron chi connectivity index (χ4n) is 2.08. The minimum Gasteiger partial charge on any atom is -0.350 e. The van der Waals surface area contributed by atoms with E-state index in [4.69, 9.17) is 0 Å². The molecule has 21 heavy (non-hydrogen) atoms. The molecule has 1 unspecified atom stereocenters. The molecule has 0 bridgehead atoms. The zero-order valence-electron chi connectivity index (χ0n) is 11.5. The van der Waals surface area contributed by atoms with E-state index in [1.54, 1.807) is 11.0 Å². The number of nitrogens with one attached hydrogen (secondary N) is 1. The van der Waals surface area contributed by atoms with Crippen molar-refractivity contribution in [2.24, 2.45) is 0 Å². The van der Waals surface area contributed by atoms with Crippen LogP contribution in [-0.4, -0.2) is 41.7 Å². The second-order valence-electron chi connectivity index (χ2n) is 4.81. The SMILES string of the molecule is CC(Cn1cncn1)NC(=O)Cn1nc2ccccc2n1. The molecule has 1 atom stereocenters. The van der Waals surface area contributed by atoms with Gasteiger partial charge in [0.15, 0.2) is 0 Å². The van der Waals surface area contributed by atoms with Gasteiger partial charge in [-0.05, 0) is 19.1 Å². The number of rotatable bonds is 5. The molecule has 0 saturated carbocycles. The highest BCUT2D eigenvalue weighted by Gasteiger charge is 2.11. The Hall–Kier alpha value is -2.77. The smallest absolute Gasteiger partial charge is 0.243 e. The Labute approximate surface area is 120 Å². The van der Waals surface area contributed by atoms with Crippen molar-refractivity contribution in [2.45, 2.75) is 26.1 Å². The number of aromatic nitrogens is 6. The van der Waals surface area contributed by atoms with Crippen LogP contribution < -0.4 is 5.32 Å². The van der Waals surface area contributed by atoms with Crippen molar-refractivity contribution in [3.8, 4) is 0 Å². The second-order valence-corrected chi connectivity index (χ2v) is 4.81. The van der Waals surface area contributed by atoms with Gasteiger partial charge in [-0.25, -0.2) is 4.98 Å².